The molecule has 3 aromatic rings. The number of thioether (sulfide) groups is 1. The van der Waals surface area contributed by atoms with Crippen molar-refractivity contribution >= 4 is 51.0 Å². The Hall–Kier alpha value is -2.09. The second kappa shape index (κ2) is 7.73. The number of Topliss-reactive ketones (excluding diaryl/α,β-unsaturated/α-hetero) is 1. The van der Waals surface area contributed by atoms with Crippen molar-refractivity contribution in [2.75, 3.05) is 0 Å². The number of rotatable bonds is 4. The minimum absolute atomic E-state index is 0.0994. The number of nitrogens with one attached hydrogen (secondary N) is 2. The Bertz CT molecular complexity index is 1020. The molecule has 28 heavy (non-hydrogen) atoms. The fourth-order valence-electron chi connectivity index (χ4n) is 3.32. The molecule has 2 atom stereocenters. The average molecular weight is 477 g/mol. The molecule has 8 heteroatoms. The molecule has 0 spiro atoms. The number of hydrogen-bond acceptors (Lipinski definition) is 4. The van der Waals surface area contributed by atoms with Crippen LogP contribution in [0.25, 0.3) is 0 Å². The van der Waals surface area contributed by atoms with E-state index < -0.39 is 10.8 Å². The lowest BCUT2D eigenvalue weighted by Crippen LogP contribution is -2.58. The van der Waals surface area contributed by atoms with Gasteiger partial charge in [0.25, 0.3) is 0 Å². The molecule has 1 aliphatic rings. The smallest absolute Gasteiger partial charge is 0.242 e. The van der Waals surface area contributed by atoms with Crippen LogP contribution in [0.4, 0.5) is 0 Å². The highest BCUT2D eigenvalue weighted by atomic mass is 79.9. The average Bonchev–Trinajstić information content (AvgIpc) is 3.21. The summed E-state index contributed by atoms with van der Waals surface area (Å²) in [6.07, 6.45) is 3.64. The fourth-order valence-corrected chi connectivity index (χ4v) is 4.90. The lowest BCUT2D eigenvalue weighted by Gasteiger charge is -2.39. The molecular weight excluding hydrogens is 462 g/mol. The molecule has 142 valence electrons. The Balaban J connectivity index is 1.71. The first-order chi connectivity index (χ1) is 13.5. The van der Waals surface area contributed by atoms with Crippen LogP contribution < -0.4 is 5.32 Å². The summed E-state index contributed by atoms with van der Waals surface area (Å²) in [5.41, 5.74) is 0.362. The van der Waals surface area contributed by atoms with Gasteiger partial charge in [0.05, 0.1) is 10.7 Å². The number of aromatic nitrogens is 2. The predicted molar refractivity (Wildman–Crippen MR) is 112 cm³/mol. The van der Waals surface area contributed by atoms with Crippen LogP contribution in [0.15, 0.2) is 70.4 Å². The van der Waals surface area contributed by atoms with Gasteiger partial charge in [-0.2, -0.15) is 0 Å². The summed E-state index contributed by atoms with van der Waals surface area (Å²) in [5, 5.41) is 2.72. The number of aromatic amines is 1. The van der Waals surface area contributed by atoms with Gasteiger partial charge in [0.15, 0.2) is 5.78 Å². The number of H-pyrrole nitrogens is 1. The first kappa shape index (κ1) is 19.2. The molecule has 2 aromatic heterocycles. The molecular formula is C20H15BrClN3O2S. The maximum absolute atomic E-state index is 13.1. The van der Waals surface area contributed by atoms with Crippen molar-refractivity contribution < 1.29 is 9.59 Å². The van der Waals surface area contributed by atoms with Gasteiger partial charge in [-0.3, -0.25) is 9.59 Å². The number of nitrogens with zero attached hydrogens (tertiary/aromatic N) is 1. The Labute approximate surface area is 179 Å². The van der Waals surface area contributed by atoms with Gasteiger partial charge in [-0.05, 0) is 46.3 Å². The molecule has 1 saturated heterocycles. The summed E-state index contributed by atoms with van der Waals surface area (Å²) in [5.74, 6) is -0.527. The normalized spacial score (nSPS) is 22.1. The molecule has 1 aromatic carbocycles. The van der Waals surface area contributed by atoms with E-state index >= 15 is 0 Å². The van der Waals surface area contributed by atoms with Crippen LogP contribution in [0.1, 0.15) is 17.7 Å². The summed E-state index contributed by atoms with van der Waals surface area (Å²) in [6, 6.07) is 14.5. The second-order valence-electron chi connectivity index (χ2n) is 6.41. The van der Waals surface area contributed by atoms with Crippen LogP contribution in [-0.2, 0) is 15.1 Å². The van der Waals surface area contributed by atoms with Gasteiger partial charge in [0.2, 0.25) is 5.91 Å². The maximum Gasteiger partial charge on any atom is 0.242 e. The van der Waals surface area contributed by atoms with E-state index in [-0.39, 0.29) is 18.1 Å². The second-order valence-corrected chi connectivity index (χ2v) is 8.78. The monoisotopic (exact) mass is 475 g/mol. The van der Waals surface area contributed by atoms with E-state index in [0.29, 0.717) is 20.2 Å². The molecule has 0 aliphatic carbocycles. The van der Waals surface area contributed by atoms with Crippen LogP contribution in [0, 0.1) is 0 Å². The number of halogens is 2. The van der Waals surface area contributed by atoms with Gasteiger partial charge in [-0.1, -0.05) is 29.8 Å². The van der Waals surface area contributed by atoms with Gasteiger partial charge in [0.1, 0.15) is 15.4 Å². The maximum atomic E-state index is 13.1. The topological polar surface area (TPSA) is 74.8 Å². The summed E-state index contributed by atoms with van der Waals surface area (Å²) in [7, 11) is 0. The number of piperidine rings is 1. The first-order valence-electron chi connectivity index (χ1n) is 8.52. The minimum atomic E-state index is -1.02. The van der Waals surface area contributed by atoms with Crippen LogP contribution in [0.3, 0.4) is 0 Å². The number of benzene rings is 1. The summed E-state index contributed by atoms with van der Waals surface area (Å²) in [4.78, 5) is 34.4. The molecule has 1 amide bonds. The number of ketones is 1. The highest BCUT2D eigenvalue weighted by Crippen LogP contribution is 2.40. The highest BCUT2D eigenvalue weighted by Gasteiger charge is 2.48. The minimum Gasteiger partial charge on any atom is -0.367 e. The summed E-state index contributed by atoms with van der Waals surface area (Å²) < 4.78 is 0.633. The molecule has 3 heterocycles. The summed E-state index contributed by atoms with van der Waals surface area (Å²) >= 11 is 10.8. The summed E-state index contributed by atoms with van der Waals surface area (Å²) in [6.45, 7) is 0. The van der Waals surface area contributed by atoms with Gasteiger partial charge < -0.3 is 10.3 Å². The van der Waals surface area contributed by atoms with Crippen molar-refractivity contribution in [3.8, 4) is 0 Å². The third kappa shape index (κ3) is 3.50. The third-order valence-corrected chi connectivity index (χ3v) is 6.84. The standard InChI is InChI=1S/C20H15BrClN3O2S/c21-17-7-3-6-16(24-17)20(12-8-9-23-11-12)10-14(26)18(19(27)25-20)28-15-5-2-1-4-13(15)22/h1-9,11,18,23H,10H2,(H,25,27). The van der Waals surface area contributed by atoms with Crippen LogP contribution >= 0.6 is 39.3 Å². The molecule has 2 N–H and O–H groups in total. The molecule has 1 aliphatic heterocycles. The zero-order valence-corrected chi connectivity index (χ0v) is 17.6. The van der Waals surface area contributed by atoms with Crippen molar-refractivity contribution in [2.45, 2.75) is 22.1 Å². The highest BCUT2D eigenvalue weighted by molar-refractivity contribution is 9.10. The third-order valence-electron chi connectivity index (χ3n) is 4.63. The lowest BCUT2D eigenvalue weighted by molar-refractivity contribution is -0.133. The fraction of sp³-hybridized carbons (Fsp3) is 0.150. The lowest BCUT2D eigenvalue weighted by atomic mass is 9.79. The van der Waals surface area contributed by atoms with E-state index in [0.717, 1.165) is 5.56 Å². The quantitative estimate of drug-likeness (QED) is 0.434. The van der Waals surface area contributed by atoms with Crippen molar-refractivity contribution in [1.29, 1.82) is 0 Å². The number of carbonyl (C=O) groups is 2. The van der Waals surface area contributed by atoms with Crippen molar-refractivity contribution in [3.63, 3.8) is 0 Å². The first-order valence-corrected chi connectivity index (χ1v) is 10.6. The van der Waals surface area contributed by atoms with Crippen LogP contribution in [0.2, 0.25) is 5.02 Å². The van der Waals surface area contributed by atoms with E-state index in [2.05, 4.69) is 31.2 Å². The van der Waals surface area contributed by atoms with E-state index in [1.54, 1.807) is 30.6 Å². The molecule has 0 radical (unpaired) electrons. The Morgan fingerprint density at radius 3 is 2.64 bits per heavy atom. The molecule has 2 unspecified atom stereocenters. The predicted octanol–water partition coefficient (Wildman–Crippen LogP) is 4.32. The van der Waals surface area contributed by atoms with E-state index in [4.69, 9.17) is 11.6 Å². The van der Waals surface area contributed by atoms with E-state index in [9.17, 15) is 9.59 Å². The molecule has 0 saturated carbocycles. The van der Waals surface area contributed by atoms with Crippen molar-refractivity contribution in [1.82, 2.24) is 15.3 Å². The zero-order chi connectivity index (χ0) is 19.7. The Morgan fingerprint density at radius 2 is 1.96 bits per heavy atom. The number of pyridine rings is 1. The van der Waals surface area contributed by atoms with Gasteiger partial charge in [-0.15, -0.1) is 11.8 Å². The van der Waals surface area contributed by atoms with Crippen LogP contribution in [0.5, 0.6) is 0 Å². The van der Waals surface area contributed by atoms with E-state index in [1.165, 1.54) is 11.8 Å². The SMILES string of the molecule is O=C1CC(c2cc[nH]c2)(c2cccc(Br)n2)NC(=O)C1Sc1ccccc1Cl. The molecule has 1 fully saturated rings. The Kier molecular flexibility index (Phi) is 5.31. The zero-order valence-electron chi connectivity index (χ0n) is 14.5. The van der Waals surface area contributed by atoms with Crippen molar-refractivity contribution in [3.05, 3.63) is 81.8 Å². The molecule has 5 nitrogen and oxygen atoms in total. The van der Waals surface area contributed by atoms with Gasteiger partial charge in [-0.25, -0.2) is 4.98 Å². The largest absolute Gasteiger partial charge is 0.367 e. The number of hydrogen-bond donors (Lipinski definition) is 2. The van der Waals surface area contributed by atoms with Gasteiger partial charge in [0, 0.05) is 29.3 Å². The molecule has 0 bridgehead atoms. The van der Waals surface area contributed by atoms with E-state index in [1.807, 2.05) is 30.3 Å². The van der Waals surface area contributed by atoms with Crippen LogP contribution in [-0.4, -0.2) is 26.9 Å². The number of amides is 1. The Morgan fingerprint density at radius 1 is 1.14 bits per heavy atom. The molecule has 4 rings (SSSR count). The number of carbonyl (C=O) groups excluding carboxylic acids is 2. The van der Waals surface area contributed by atoms with Gasteiger partial charge >= 0.3 is 0 Å². The van der Waals surface area contributed by atoms with Crippen molar-refractivity contribution in [2.24, 2.45) is 0 Å².